The quantitative estimate of drug-likeness (QED) is 0.586. The Morgan fingerprint density at radius 1 is 0.906 bits per heavy atom. The Bertz CT molecular complexity index is 1150. The largest absolute Gasteiger partial charge is 0.495 e. The smallest absolute Gasteiger partial charge is 0.265 e. The molecule has 1 aliphatic rings. The van der Waals surface area contributed by atoms with Gasteiger partial charge in [-0.25, -0.2) is 8.42 Å². The van der Waals surface area contributed by atoms with Gasteiger partial charge in [0.15, 0.2) is 5.82 Å². The molecular weight excluding hydrogens is 424 g/mol. The maximum absolute atomic E-state index is 12.8. The summed E-state index contributed by atoms with van der Waals surface area (Å²) in [5.74, 6) is 1.22. The van der Waals surface area contributed by atoms with Crippen molar-refractivity contribution < 1.29 is 13.2 Å². The number of nitrogens with zero attached hydrogens (tertiary/aromatic N) is 3. The molecule has 4 rings (SSSR count). The maximum Gasteiger partial charge on any atom is 0.265 e. The summed E-state index contributed by atoms with van der Waals surface area (Å²) in [5.41, 5.74) is 3.01. The standard InChI is InChI=1S/C24H28N4O3S/c1-18-7-13-23(22(17-18)31-2)32(29,30)27-20-10-8-19(9-11-20)21-12-14-24(26-25-21)28-15-5-3-4-6-16-28/h7-14,17,27H,3-6,15-16H2,1-2H3. The molecule has 0 aliphatic carbocycles. The molecule has 1 aliphatic heterocycles. The van der Waals surface area contributed by atoms with Crippen LogP contribution in [-0.4, -0.2) is 38.8 Å². The van der Waals surface area contributed by atoms with Crippen molar-refractivity contribution in [1.29, 1.82) is 0 Å². The minimum Gasteiger partial charge on any atom is -0.495 e. The predicted molar refractivity (Wildman–Crippen MR) is 127 cm³/mol. The first-order chi connectivity index (χ1) is 15.5. The molecule has 2 aromatic carbocycles. The van der Waals surface area contributed by atoms with Gasteiger partial charge in [-0.15, -0.1) is 10.2 Å². The summed E-state index contributed by atoms with van der Waals surface area (Å²) < 4.78 is 33.5. The van der Waals surface area contributed by atoms with E-state index in [4.69, 9.17) is 4.74 Å². The topological polar surface area (TPSA) is 84.4 Å². The Morgan fingerprint density at radius 2 is 1.62 bits per heavy atom. The Balaban J connectivity index is 1.48. The molecule has 0 radical (unpaired) electrons. The summed E-state index contributed by atoms with van der Waals surface area (Å²) in [6.07, 6.45) is 4.92. The van der Waals surface area contributed by atoms with Crippen molar-refractivity contribution in [3.63, 3.8) is 0 Å². The highest BCUT2D eigenvalue weighted by Crippen LogP contribution is 2.28. The van der Waals surface area contributed by atoms with E-state index in [2.05, 4.69) is 19.8 Å². The van der Waals surface area contributed by atoms with Crippen LogP contribution in [0, 0.1) is 6.92 Å². The lowest BCUT2D eigenvalue weighted by Gasteiger charge is -2.20. The number of aromatic nitrogens is 2. The highest BCUT2D eigenvalue weighted by Gasteiger charge is 2.20. The van der Waals surface area contributed by atoms with Crippen LogP contribution in [0.1, 0.15) is 31.2 Å². The Labute approximate surface area is 189 Å². The van der Waals surface area contributed by atoms with Gasteiger partial charge >= 0.3 is 0 Å². The summed E-state index contributed by atoms with van der Waals surface area (Å²) in [6.45, 7) is 3.93. The van der Waals surface area contributed by atoms with Crippen molar-refractivity contribution >= 4 is 21.5 Å². The van der Waals surface area contributed by atoms with Gasteiger partial charge in [0, 0.05) is 24.3 Å². The molecule has 8 heteroatoms. The third kappa shape index (κ3) is 5.02. The molecule has 2 heterocycles. The highest BCUT2D eigenvalue weighted by atomic mass is 32.2. The van der Waals surface area contributed by atoms with Crippen molar-refractivity contribution in [2.24, 2.45) is 0 Å². The van der Waals surface area contributed by atoms with E-state index >= 15 is 0 Å². The summed E-state index contributed by atoms with van der Waals surface area (Å²) in [6, 6.07) is 16.1. The van der Waals surface area contributed by atoms with Crippen LogP contribution in [0.5, 0.6) is 5.75 Å². The number of benzene rings is 2. The monoisotopic (exact) mass is 452 g/mol. The fourth-order valence-corrected chi connectivity index (χ4v) is 5.07. The average molecular weight is 453 g/mol. The van der Waals surface area contributed by atoms with Crippen LogP contribution in [0.4, 0.5) is 11.5 Å². The second-order valence-corrected chi connectivity index (χ2v) is 9.67. The predicted octanol–water partition coefficient (Wildman–Crippen LogP) is 4.64. The molecule has 0 atom stereocenters. The van der Waals surface area contributed by atoms with Crippen molar-refractivity contribution in [1.82, 2.24) is 10.2 Å². The molecule has 1 fully saturated rings. The van der Waals surface area contributed by atoms with Crippen molar-refractivity contribution in [2.45, 2.75) is 37.5 Å². The fourth-order valence-electron chi connectivity index (χ4n) is 3.86. The number of aryl methyl sites for hydroxylation is 1. The Hall–Kier alpha value is -3.13. The van der Waals surface area contributed by atoms with Crippen molar-refractivity contribution in [2.75, 3.05) is 29.8 Å². The minimum absolute atomic E-state index is 0.102. The van der Waals surface area contributed by atoms with E-state index in [1.807, 2.05) is 31.2 Å². The van der Waals surface area contributed by atoms with Gasteiger partial charge in [0.05, 0.1) is 12.8 Å². The average Bonchev–Trinajstić information content (AvgIpc) is 3.09. The third-order valence-electron chi connectivity index (χ3n) is 5.62. The Morgan fingerprint density at radius 3 is 2.25 bits per heavy atom. The number of methoxy groups -OCH3 is 1. The van der Waals surface area contributed by atoms with Crippen LogP contribution in [0.15, 0.2) is 59.5 Å². The molecule has 1 N–H and O–H groups in total. The van der Waals surface area contributed by atoms with Gasteiger partial charge in [-0.05, 0) is 61.7 Å². The molecule has 0 bridgehead atoms. The van der Waals surface area contributed by atoms with Gasteiger partial charge < -0.3 is 9.64 Å². The minimum atomic E-state index is -3.78. The lowest BCUT2D eigenvalue weighted by molar-refractivity contribution is 0.402. The zero-order valence-corrected chi connectivity index (χ0v) is 19.2. The van der Waals surface area contributed by atoms with Crippen LogP contribution < -0.4 is 14.4 Å². The molecule has 168 valence electrons. The summed E-state index contributed by atoms with van der Waals surface area (Å²) in [5, 5.41) is 8.81. The van der Waals surface area contributed by atoms with Gasteiger partial charge in [-0.1, -0.05) is 31.0 Å². The highest BCUT2D eigenvalue weighted by molar-refractivity contribution is 7.92. The SMILES string of the molecule is COc1cc(C)ccc1S(=O)(=O)Nc1ccc(-c2ccc(N3CCCCCC3)nn2)cc1. The van der Waals surface area contributed by atoms with Gasteiger partial charge in [0.1, 0.15) is 10.6 Å². The van der Waals surface area contributed by atoms with Gasteiger partial charge in [-0.2, -0.15) is 0 Å². The van der Waals surface area contributed by atoms with Crippen LogP contribution in [0.3, 0.4) is 0 Å². The van der Waals surface area contributed by atoms with E-state index in [0.717, 1.165) is 35.7 Å². The van der Waals surface area contributed by atoms with E-state index < -0.39 is 10.0 Å². The number of sulfonamides is 1. The summed E-state index contributed by atoms with van der Waals surface area (Å²) >= 11 is 0. The van der Waals surface area contributed by atoms with E-state index in [1.54, 1.807) is 30.3 Å². The second-order valence-electron chi connectivity index (χ2n) is 8.02. The summed E-state index contributed by atoms with van der Waals surface area (Å²) in [7, 11) is -2.32. The molecule has 0 unspecified atom stereocenters. The first-order valence-electron chi connectivity index (χ1n) is 10.8. The summed E-state index contributed by atoms with van der Waals surface area (Å²) in [4.78, 5) is 2.39. The van der Waals surface area contributed by atoms with Crippen molar-refractivity contribution in [3.05, 3.63) is 60.2 Å². The molecule has 0 amide bonds. The zero-order chi connectivity index (χ0) is 22.6. The number of ether oxygens (including phenoxy) is 1. The van der Waals surface area contributed by atoms with E-state index in [-0.39, 0.29) is 4.90 Å². The molecule has 7 nitrogen and oxygen atoms in total. The number of hydrogen-bond acceptors (Lipinski definition) is 6. The van der Waals surface area contributed by atoms with Crippen LogP contribution in [0.2, 0.25) is 0 Å². The Kier molecular flexibility index (Phi) is 6.60. The third-order valence-corrected chi connectivity index (χ3v) is 7.04. The molecule has 3 aromatic rings. The first-order valence-corrected chi connectivity index (χ1v) is 12.3. The molecule has 32 heavy (non-hydrogen) atoms. The zero-order valence-electron chi connectivity index (χ0n) is 18.4. The molecule has 1 saturated heterocycles. The molecule has 1 aromatic heterocycles. The van der Waals surface area contributed by atoms with Gasteiger partial charge in [0.2, 0.25) is 0 Å². The molecular formula is C24H28N4O3S. The molecule has 0 spiro atoms. The van der Waals surface area contributed by atoms with Gasteiger partial charge in [-0.3, -0.25) is 4.72 Å². The number of rotatable bonds is 6. The lowest BCUT2D eigenvalue weighted by Crippen LogP contribution is -2.25. The normalized spacial score (nSPS) is 14.6. The van der Waals surface area contributed by atoms with Crippen molar-refractivity contribution in [3.8, 4) is 17.0 Å². The fraction of sp³-hybridized carbons (Fsp3) is 0.333. The number of nitrogens with one attached hydrogen (secondary N) is 1. The lowest BCUT2D eigenvalue weighted by atomic mass is 10.1. The molecule has 0 saturated carbocycles. The maximum atomic E-state index is 12.8. The second kappa shape index (κ2) is 9.56. The van der Waals surface area contributed by atoms with E-state index in [0.29, 0.717) is 11.4 Å². The number of hydrogen-bond donors (Lipinski definition) is 1. The van der Waals surface area contributed by atoms with Crippen LogP contribution in [-0.2, 0) is 10.0 Å². The van der Waals surface area contributed by atoms with E-state index in [1.165, 1.54) is 32.8 Å². The van der Waals surface area contributed by atoms with Crippen LogP contribution in [0.25, 0.3) is 11.3 Å². The number of anilines is 2. The van der Waals surface area contributed by atoms with Crippen LogP contribution >= 0.6 is 0 Å². The first kappa shape index (κ1) is 22.1. The van der Waals surface area contributed by atoms with Gasteiger partial charge in [0.25, 0.3) is 10.0 Å². The van der Waals surface area contributed by atoms with E-state index in [9.17, 15) is 8.42 Å².